The Hall–Kier alpha value is -2.32. The summed E-state index contributed by atoms with van der Waals surface area (Å²) in [6.07, 6.45) is 6.01. The smallest absolute Gasteiger partial charge is 0.191 e. The first-order valence-corrected chi connectivity index (χ1v) is 11.8. The van der Waals surface area contributed by atoms with E-state index >= 15 is 0 Å². The van der Waals surface area contributed by atoms with Gasteiger partial charge >= 0.3 is 0 Å². The van der Waals surface area contributed by atoms with Crippen molar-refractivity contribution >= 4 is 15.8 Å². The van der Waals surface area contributed by atoms with Gasteiger partial charge in [-0.1, -0.05) is 12.1 Å². The van der Waals surface area contributed by atoms with Crippen molar-refractivity contribution in [2.75, 3.05) is 26.0 Å². The van der Waals surface area contributed by atoms with Gasteiger partial charge in [0.2, 0.25) is 0 Å². The molecule has 0 bridgehead atoms. The normalized spacial score (nSPS) is 17.4. The fraction of sp³-hybridized carbons (Fsp3) is 0.476. The molecule has 29 heavy (non-hydrogen) atoms. The Balaban J connectivity index is 1.63. The van der Waals surface area contributed by atoms with E-state index in [1.807, 2.05) is 31.2 Å². The van der Waals surface area contributed by atoms with Crippen LogP contribution in [0.5, 0.6) is 0 Å². The fourth-order valence-electron chi connectivity index (χ4n) is 3.35. The SMILES string of the molecule is Cc1cc(CN=C(NCCc2ccco2)NCC2CCCO2)ccc1S(C)(=O)=O. The number of guanidine groups is 1. The molecule has 1 aliphatic rings. The molecule has 8 heteroatoms. The van der Waals surface area contributed by atoms with Crippen molar-refractivity contribution in [1.29, 1.82) is 0 Å². The van der Waals surface area contributed by atoms with E-state index in [1.165, 1.54) is 6.26 Å². The number of aliphatic imine (C=N–C) groups is 1. The van der Waals surface area contributed by atoms with Gasteiger partial charge in [0, 0.05) is 32.4 Å². The summed E-state index contributed by atoms with van der Waals surface area (Å²) in [5.41, 5.74) is 1.69. The number of rotatable bonds is 8. The fourth-order valence-corrected chi connectivity index (χ4v) is 4.30. The second-order valence-electron chi connectivity index (χ2n) is 7.31. The molecule has 1 saturated heterocycles. The van der Waals surface area contributed by atoms with Crippen LogP contribution >= 0.6 is 0 Å². The first-order chi connectivity index (χ1) is 13.9. The number of aryl methyl sites for hydroxylation is 1. The average Bonchev–Trinajstić information content (AvgIpc) is 3.36. The number of hydrogen-bond acceptors (Lipinski definition) is 5. The zero-order valence-corrected chi connectivity index (χ0v) is 17.8. The maximum absolute atomic E-state index is 11.8. The van der Waals surface area contributed by atoms with Gasteiger partial charge in [0.15, 0.2) is 15.8 Å². The molecule has 1 aromatic carbocycles. The van der Waals surface area contributed by atoms with Gasteiger partial charge in [-0.05, 0) is 49.1 Å². The lowest BCUT2D eigenvalue weighted by atomic mass is 10.1. The van der Waals surface area contributed by atoms with Crippen molar-refractivity contribution in [1.82, 2.24) is 10.6 Å². The van der Waals surface area contributed by atoms with E-state index < -0.39 is 9.84 Å². The summed E-state index contributed by atoms with van der Waals surface area (Å²) in [5, 5.41) is 6.68. The van der Waals surface area contributed by atoms with Crippen LogP contribution in [0.15, 0.2) is 50.9 Å². The number of ether oxygens (including phenoxy) is 1. The molecular weight excluding hydrogens is 390 g/mol. The molecule has 1 fully saturated rings. The minimum atomic E-state index is -3.22. The highest BCUT2D eigenvalue weighted by Gasteiger charge is 2.16. The standard InChI is InChI=1S/C21H29N3O4S/c1-16-13-17(7-8-20(16)29(2,25)26)14-23-21(24-15-19-6-4-12-28-19)22-10-9-18-5-3-11-27-18/h3,5,7-8,11,13,19H,4,6,9-10,12,14-15H2,1-2H3,(H2,22,23,24). The van der Waals surface area contributed by atoms with Crippen LogP contribution in [0.3, 0.4) is 0 Å². The van der Waals surface area contributed by atoms with E-state index in [2.05, 4.69) is 15.6 Å². The maximum Gasteiger partial charge on any atom is 0.191 e. The molecule has 3 rings (SSSR count). The van der Waals surface area contributed by atoms with Crippen LogP contribution in [-0.4, -0.2) is 46.4 Å². The van der Waals surface area contributed by atoms with Crippen LogP contribution in [0.1, 0.15) is 29.7 Å². The largest absolute Gasteiger partial charge is 0.469 e. The summed E-state index contributed by atoms with van der Waals surface area (Å²) in [5.74, 6) is 1.62. The zero-order chi connectivity index (χ0) is 20.7. The van der Waals surface area contributed by atoms with Crippen molar-refractivity contribution in [3.05, 3.63) is 53.5 Å². The Labute approximate surface area is 172 Å². The summed E-state index contributed by atoms with van der Waals surface area (Å²) in [6.45, 7) is 4.47. The highest BCUT2D eigenvalue weighted by atomic mass is 32.2. The number of benzene rings is 1. The Morgan fingerprint density at radius 2 is 2.14 bits per heavy atom. The molecule has 1 atom stereocenters. The third kappa shape index (κ3) is 6.61. The van der Waals surface area contributed by atoms with Crippen LogP contribution in [0.4, 0.5) is 0 Å². The Morgan fingerprint density at radius 3 is 2.79 bits per heavy atom. The summed E-state index contributed by atoms with van der Waals surface area (Å²) < 4.78 is 34.6. The lowest BCUT2D eigenvalue weighted by Gasteiger charge is -2.15. The third-order valence-electron chi connectivity index (χ3n) is 4.82. The van der Waals surface area contributed by atoms with Gasteiger partial charge in [-0.25, -0.2) is 13.4 Å². The zero-order valence-electron chi connectivity index (χ0n) is 17.0. The number of sulfone groups is 1. The number of nitrogens with zero attached hydrogens (tertiary/aromatic N) is 1. The summed E-state index contributed by atoms with van der Waals surface area (Å²) >= 11 is 0. The summed E-state index contributed by atoms with van der Waals surface area (Å²) in [4.78, 5) is 5.03. The number of hydrogen-bond donors (Lipinski definition) is 2. The first kappa shape index (κ1) is 21.4. The maximum atomic E-state index is 11.8. The van der Waals surface area contributed by atoms with Crippen molar-refractivity contribution in [2.24, 2.45) is 4.99 Å². The molecule has 1 aliphatic heterocycles. The van der Waals surface area contributed by atoms with Crippen molar-refractivity contribution < 1.29 is 17.6 Å². The van der Waals surface area contributed by atoms with E-state index in [0.717, 1.165) is 42.8 Å². The van der Waals surface area contributed by atoms with Gasteiger partial charge in [-0.3, -0.25) is 0 Å². The van der Waals surface area contributed by atoms with Crippen molar-refractivity contribution in [2.45, 2.75) is 43.7 Å². The van der Waals surface area contributed by atoms with E-state index in [0.29, 0.717) is 30.5 Å². The summed E-state index contributed by atoms with van der Waals surface area (Å²) in [6, 6.07) is 9.17. The molecule has 2 N–H and O–H groups in total. The van der Waals surface area contributed by atoms with Gasteiger partial charge in [0.05, 0.1) is 23.8 Å². The highest BCUT2D eigenvalue weighted by Crippen LogP contribution is 2.17. The van der Waals surface area contributed by atoms with Gasteiger partial charge < -0.3 is 19.8 Å². The Morgan fingerprint density at radius 1 is 1.28 bits per heavy atom. The van der Waals surface area contributed by atoms with Crippen LogP contribution in [0.25, 0.3) is 0 Å². The molecule has 2 aromatic rings. The summed E-state index contributed by atoms with van der Waals surface area (Å²) in [7, 11) is -3.22. The minimum absolute atomic E-state index is 0.211. The topological polar surface area (TPSA) is 92.9 Å². The van der Waals surface area contributed by atoms with E-state index in [4.69, 9.17) is 9.15 Å². The van der Waals surface area contributed by atoms with Gasteiger partial charge in [0.25, 0.3) is 0 Å². The molecule has 0 aliphatic carbocycles. The van der Waals surface area contributed by atoms with E-state index in [-0.39, 0.29) is 6.10 Å². The monoisotopic (exact) mass is 419 g/mol. The quantitative estimate of drug-likeness (QED) is 0.504. The van der Waals surface area contributed by atoms with Gasteiger partial charge in [0.1, 0.15) is 5.76 Å². The van der Waals surface area contributed by atoms with Gasteiger partial charge in [-0.2, -0.15) is 0 Å². The molecule has 1 aromatic heterocycles. The Bertz CT molecular complexity index is 917. The highest BCUT2D eigenvalue weighted by molar-refractivity contribution is 7.90. The van der Waals surface area contributed by atoms with Gasteiger partial charge in [-0.15, -0.1) is 0 Å². The average molecular weight is 420 g/mol. The molecule has 0 saturated carbocycles. The van der Waals surface area contributed by atoms with Crippen LogP contribution < -0.4 is 10.6 Å². The predicted molar refractivity (Wildman–Crippen MR) is 113 cm³/mol. The molecule has 0 amide bonds. The second-order valence-corrected chi connectivity index (χ2v) is 9.29. The van der Waals surface area contributed by atoms with E-state index in [1.54, 1.807) is 12.3 Å². The van der Waals surface area contributed by atoms with Crippen LogP contribution in [0, 0.1) is 6.92 Å². The second kappa shape index (κ2) is 9.93. The molecule has 7 nitrogen and oxygen atoms in total. The molecular formula is C21H29N3O4S. The Kier molecular flexibility index (Phi) is 7.33. The van der Waals surface area contributed by atoms with E-state index in [9.17, 15) is 8.42 Å². The minimum Gasteiger partial charge on any atom is -0.469 e. The lowest BCUT2D eigenvalue weighted by Crippen LogP contribution is -2.41. The first-order valence-electron chi connectivity index (χ1n) is 9.87. The number of nitrogens with one attached hydrogen (secondary N) is 2. The number of furan rings is 1. The molecule has 2 heterocycles. The molecule has 158 valence electrons. The van der Waals surface area contributed by atoms with Crippen molar-refractivity contribution in [3.8, 4) is 0 Å². The third-order valence-corrected chi connectivity index (χ3v) is 6.08. The predicted octanol–water partition coefficient (Wildman–Crippen LogP) is 2.45. The van der Waals surface area contributed by atoms with Crippen LogP contribution in [-0.2, 0) is 27.5 Å². The molecule has 0 radical (unpaired) electrons. The van der Waals surface area contributed by atoms with Crippen molar-refractivity contribution in [3.63, 3.8) is 0 Å². The lowest BCUT2D eigenvalue weighted by molar-refractivity contribution is 0.114. The molecule has 0 spiro atoms. The molecule has 1 unspecified atom stereocenters. The van der Waals surface area contributed by atoms with Crippen LogP contribution in [0.2, 0.25) is 0 Å².